The Morgan fingerprint density at radius 3 is 2.00 bits per heavy atom. The number of likely N-dealkylation sites (tertiary alicyclic amines) is 1. The molecule has 1 amide bonds. The lowest BCUT2D eigenvalue weighted by Gasteiger charge is -2.49. The molecule has 0 aliphatic carbocycles. The van der Waals surface area contributed by atoms with Gasteiger partial charge in [-0.05, 0) is 48.2 Å². The zero-order valence-corrected chi connectivity index (χ0v) is 23.8. The van der Waals surface area contributed by atoms with Crippen molar-refractivity contribution in [2.45, 2.75) is 62.8 Å². The second-order valence-electron chi connectivity index (χ2n) is 11.1. The maximum atomic E-state index is 13.7. The molecule has 44 heavy (non-hydrogen) atoms. The average Bonchev–Trinajstić information content (AvgIpc) is 2.99. The highest BCUT2D eigenvalue weighted by Gasteiger charge is 2.55. The second kappa shape index (κ2) is 12.5. The molecule has 3 aromatic carbocycles. The maximum absolute atomic E-state index is 13.7. The van der Waals surface area contributed by atoms with E-state index in [1.165, 1.54) is 18.7 Å². The van der Waals surface area contributed by atoms with E-state index in [4.69, 9.17) is 9.47 Å². The van der Waals surface area contributed by atoms with E-state index in [0.717, 1.165) is 0 Å². The topological polar surface area (TPSA) is 81.9 Å². The fourth-order valence-corrected chi connectivity index (χ4v) is 5.22. The van der Waals surface area contributed by atoms with Gasteiger partial charge in [0, 0.05) is 18.3 Å². The number of rotatable bonds is 8. The molecular formula is C31H30F6N2O5. The van der Waals surface area contributed by atoms with Crippen LogP contribution in [0.25, 0.3) is 0 Å². The van der Waals surface area contributed by atoms with Crippen molar-refractivity contribution in [3.63, 3.8) is 0 Å². The van der Waals surface area contributed by atoms with Crippen molar-refractivity contribution in [2.75, 3.05) is 13.2 Å². The van der Waals surface area contributed by atoms with Crippen LogP contribution in [-0.2, 0) is 34.0 Å². The zero-order chi connectivity index (χ0) is 32.3. The van der Waals surface area contributed by atoms with Gasteiger partial charge in [-0.3, -0.25) is 15.0 Å². The third-order valence-corrected chi connectivity index (χ3v) is 7.92. The van der Waals surface area contributed by atoms with E-state index in [-0.39, 0.29) is 37.6 Å². The number of piperidine rings is 1. The number of benzene rings is 3. The molecule has 7 nitrogen and oxygen atoms in total. The fourth-order valence-electron chi connectivity index (χ4n) is 5.22. The van der Waals surface area contributed by atoms with Crippen molar-refractivity contribution in [3.05, 3.63) is 117 Å². The summed E-state index contributed by atoms with van der Waals surface area (Å²) in [6, 6.07) is 18.3. The Hall–Kier alpha value is -4.13. The van der Waals surface area contributed by atoms with Crippen LogP contribution in [0.15, 0.2) is 78.9 Å². The quantitative estimate of drug-likeness (QED) is 0.144. The highest BCUT2D eigenvalue weighted by Crippen LogP contribution is 2.44. The number of halogens is 6. The summed E-state index contributed by atoms with van der Waals surface area (Å²) in [6.45, 7) is 1.77. The molecule has 0 saturated carbocycles. The molecule has 0 spiro atoms. The number of carbonyl (C=O) groups is 1. The van der Waals surface area contributed by atoms with Crippen molar-refractivity contribution in [3.8, 4) is 0 Å². The van der Waals surface area contributed by atoms with Gasteiger partial charge in [-0.25, -0.2) is 4.79 Å². The Morgan fingerprint density at radius 1 is 0.932 bits per heavy atom. The van der Waals surface area contributed by atoms with Gasteiger partial charge in [-0.1, -0.05) is 60.7 Å². The molecule has 0 aromatic heterocycles. The predicted molar refractivity (Wildman–Crippen MR) is 147 cm³/mol. The van der Waals surface area contributed by atoms with Gasteiger partial charge >= 0.3 is 18.4 Å². The first kappa shape index (κ1) is 32.8. The Kier molecular flexibility index (Phi) is 9.29. The minimum absolute atomic E-state index is 0.00194. The van der Waals surface area contributed by atoms with Crippen LogP contribution in [0.2, 0.25) is 0 Å². The van der Waals surface area contributed by atoms with Crippen LogP contribution in [0.5, 0.6) is 0 Å². The molecule has 3 aromatic rings. The van der Waals surface area contributed by atoms with E-state index in [1.54, 1.807) is 60.7 Å². The van der Waals surface area contributed by atoms with Gasteiger partial charge in [0.05, 0.1) is 35.9 Å². The molecule has 1 fully saturated rings. The normalized spacial score (nSPS) is 21.5. The van der Waals surface area contributed by atoms with Crippen molar-refractivity contribution in [1.29, 1.82) is 0 Å². The van der Waals surface area contributed by atoms with Gasteiger partial charge in [-0.15, -0.1) is 0 Å². The molecule has 1 aliphatic rings. The second-order valence-corrected chi connectivity index (χ2v) is 11.1. The molecule has 1 unspecified atom stereocenters. The number of nitrogens with zero attached hydrogens (tertiary/aromatic N) is 2. The molecule has 1 saturated heterocycles. The maximum Gasteiger partial charge on any atom is 0.416 e. The van der Waals surface area contributed by atoms with Crippen molar-refractivity contribution < 1.29 is 45.5 Å². The Labute approximate surface area is 249 Å². The number of ether oxygens (including phenoxy) is 2. The summed E-state index contributed by atoms with van der Waals surface area (Å²) in [6.07, 6.45) is -12.3. The lowest BCUT2D eigenvalue weighted by atomic mass is 9.75. The van der Waals surface area contributed by atoms with Crippen LogP contribution in [0.4, 0.5) is 31.1 Å². The van der Waals surface area contributed by atoms with E-state index in [2.05, 4.69) is 0 Å². The molecule has 236 valence electrons. The van der Waals surface area contributed by atoms with Crippen molar-refractivity contribution in [2.24, 2.45) is 0 Å². The number of nitro groups is 1. The number of amides is 1. The van der Waals surface area contributed by atoms with Crippen LogP contribution in [0, 0.1) is 10.1 Å². The smallest absolute Gasteiger partial charge is 0.416 e. The highest BCUT2D eigenvalue weighted by molar-refractivity contribution is 5.70. The van der Waals surface area contributed by atoms with Crippen LogP contribution in [-0.4, -0.2) is 34.6 Å². The molecule has 0 radical (unpaired) electrons. The van der Waals surface area contributed by atoms with E-state index < -0.39 is 58.3 Å². The minimum Gasteiger partial charge on any atom is -0.445 e. The third-order valence-electron chi connectivity index (χ3n) is 7.92. The van der Waals surface area contributed by atoms with Gasteiger partial charge in [0.15, 0.2) is 0 Å². The summed E-state index contributed by atoms with van der Waals surface area (Å²) in [5.74, 6) is 0. The Bertz CT molecular complexity index is 1440. The molecule has 1 heterocycles. The molecule has 1 aliphatic heterocycles. The molecule has 0 N–H and O–H groups in total. The first-order chi connectivity index (χ1) is 20.5. The molecular weight excluding hydrogens is 594 g/mol. The predicted octanol–water partition coefficient (Wildman–Crippen LogP) is 8.17. The third kappa shape index (κ3) is 7.15. The summed E-state index contributed by atoms with van der Waals surface area (Å²) in [4.78, 5) is 26.4. The lowest BCUT2D eigenvalue weighted by Crippen LogP contribution is -2.63. The summed E-state index contributed by atoms with van der Waals surface area (Å²) in [5, 5.41) is 12.1. The van der Waals surface area contributed by atoms with Gasteiger partial charge in [0.25, 0.3) is 0 Å². The first-order valence-corrected chi connectivity index (χ1v) is 13.6. The Morgan fingerprint density at radius 2 is 1.48 bits per heavy atom. The molecule has 13 heteroatoms. The van der Waals surface area contributed by atoms with Gasteiger partial charge in [0.1, 0.15) is 6.61 Å². The standard InChI is InChI=1S/C31H30F6N2O5/c1-21(23-15-25(30(32,33)34)17-26(16-23)31(35,36)37)44-20-29(24-11-7-4-8-12-24)14-13-28(2,39(41)42)19-38(29)27(40)43-18-22-9-5-3-6-10-22/h3-12,15-17,21H,13-14,18-20H2,1-2H3/t21-,28?,29-/m1/s1. The number of alkyl halides is 6. The molecule has 4 rings (SSSR count). The van der Waals surface area contributed by atoms with E-state index in [0.29, 0.717) is 23.3 Å². The minimum atomic E-state index is -5.04. The van der Waals surface area contributed by atoms with Gasteiger partial charge in [0.2, 0.25) is 5.54 Å². The average molecular weight is 625 g/mol. The Balaban J connectivity index is 1.72. The summed E-state index contributed by atoms with van der Waals surface area (Å²) in [7, 11) is 0. The summed E-state index contributed by atoms with van der Waals surface area (Å²) >= 11 is 0. The van der Waals surface area contributed by atoms with E-state index in [9.17, 15) is 41.3 Å². The van der Waals surface area contributed by atoms with E-state index in [1.807, 2.05) is 0 Å². The van der Waals surface area contributed by atoms with Crippen molar-refractivity contribution in [1.82, 2.24) is 4.90 Å². The van der Waals surface area contributed by atoms with Crippen LogP contribution >= 0.6 is 0 Å². The largest absolute Gasteiger partial charge is 0.445 e. The van der Waals surface area contributed by atoms with Gasteiger partial charge in [-0.2, -0.15) is 26.3 Å². The highest BCUT2D eigenvalue weighted by atomic mass is 19.4. The van der Waals surface area contributed by atoms with Crippen molar-refractivity contribution >= 4 is 6.09 Å². The number of hydrogen-bond donors (Lipinski definition) is 0. The van der Waals surface area contributed by atoms with Gasteiger partial charge < -0.3 is 9.47 Å². The summed E-state index contributed by atoms with van der Waals surface area (Å²) < 4.78 is 92.6. The SMILES string of the molecule is C[C@@H](OC[C@@]1(c2ccccc2)CCC(C)([N+](=O)[O-])CN1C(=O)OCc1ccccc1)c1cc(C(F)(F)F)cc(C(F)(F)F)c1. The monoisotopic (exact) mass is 624 g/mol. The van der Waals surface area contributed by atoms with Crippen LogP contribution < -0.4 is 0 Å². The number of carbonyl (C=O) groups excluding carboxylic acids is 1. The number of hydrogen-bond acceptors (Lipinski definition) is 5. The molecule has 0 bridgehead atoms. The van der Waals surface area contributed by atoms with Crippen LogP contribution in [0.3, 0.4) is 0 Å². The summed E-state index contributed by atoms with van der Waals surface area (Å²) in [5.41, 5.74) is -5.13. The first-order valence-electron chi connectivity index (χ1n) is 13.6. The van der Waals surface area contributed by atoms with E-state index >= 15 is 0 Å². The van der Waals surface area contributed by atoms with Crippen LogP contribution in [0.1, 0.15) is 60.6 Å². The molecule has 3 atom stereocenters. The lowest BCUT2D eigenvalue weighted by molar-refractivity contribution is -0.571. The fraction of sp³-hybridized carbons (Fsp3) is 0.387. The zero-order valence-electron chi connectivity index (χ0n) is 23.8.